The van der Waals surface area contributed by atoms with Gasteiger partial charge in [0, 0.05) is 0 Å². The number of halogens is 2. The molecule has 2 N–H and O–H groups in total. The van der Waals surface area contributed by atoms with Crippen LogP contribution in [0.1, 0.15) is 13.8 Å². The van der Waals surface area contributed by atoms with Crippen molar-refractivity contribution in [2.24, 2.45) is 11.7 Å². The van der Waals surface area contributed by atoms with Gasteiger partial charge >= 0.3 is 5.97 Å². The molecule has 88 valence electrons. The first-order valence-electron chi connectivity index (χ1n) is 4.84. The standard InChI is InChI=1S/C11H13Cl2NO2/c1-6(2)10(14)11(15)16-8-5-3-4-7(12)9(8)13/h3-6,10H,14H2,1-2H3. The third kappa shape index (κ3) is 3.11. The second kappa shape index (κ2) is 5.53. The van der Waals surface area contributed by atoms with Crippen LogP contribution in [0.4, 0.5) is 0 Å². The molecule has 0 bridgehead atoms. The van der Waals surface area contributed by atoms with Crippen molar-refractivity contribution in [3.8, 4) is 5.75 Å². The molecule has 3 nitrogen and oxygen atoms in total. The van der Waals surface area contributed by atoms with Gasteiger partial charge in [0.15, 0.2) is 5.75 Å². The van der Waals surface area contributed by atoms with E-state index in [1.807, 2.05) is 13.8 Å². The molecule has 0 aromatic heterocycles. The number of nitrogens with two attached hydrogens (primary N) is 1. The Hall–Kier alpha value is -0.770. The van der Waals surface area contributed by atoms with Gasteiger partial charge in [0.25, 0.3) is 0 Å². The smallest absolute Gasteiger partial charge is 0.328 e. The molecule has 0 radical (unpaired) electrons. The van der Waals surface area contributed by atoms with Gasteiger partial charge in [-0.05, 0) is 18.1 Å². The second-order valence-electron chi connectivity index (χ2n) is 3.74. The highest BCUT2D eigenvalue weighted by atomic mass is 35.5. The molecule has 1 atom stereocenters. The molecule has 16 heavy (non-hydrogen) atoms. The van der Waals surface area contributed by atoms with Gasteiger partial charge in [-0.3, -0.25) is 0 Å². The van der Waals surface area contributed by atoms with E-state index in [2.05, 4.69) is 0 Å². The maximum Gasteiger partial charge on any atom is 0.328 e. The number of benzene rings is 1. The van der Waals surface area contributed by atoms with E-state index < -0.39 is 12.0 Å². The number of carbonyl (C=O) groups excluding carboxylic acids is 1. The average Bonchev–Trinajstić information content (AvgIpc) is 2.23. The zero-order chi connectivity index (χ0) is 12.3. The van der Waals surface area contributed by atoms with Gasteiger partial charge in [0.1, 0.15) is 11.1 Å². The van der Waals surface area contributed by atoms with Crippen LogP contribution in [0.25, 0.3) is 0 Å². The molecule has 1 aromatic carbocycles. The summed E-state index contributed by atoms with van der Waals surface area (Å²) in [6, 6.07) is 4.16. The van der Waals surface area contributed by atoms with Crippen molar-refractivity contribution in [3.63, 3.8) is 0 Å². The minimum atomic E-state index is -0.671. The van der Waals surface area contributed by atoms with Crippen molar-refractivity contribution in [1.82, 2.24) is 0 Å². The number of carbonyl (C=O) groups is 1. The summed E-state index contributed by atoms with van der Waals surface area (Å²) >= 11 is 11.7. The van der Waals surface area contributed by atoms with Gasteiger partial charge in [-0.25, -0.2) is 4.79 Å². The molecule has 0 saturated heterocycles. The van der Waals surface area contributed by atoms with Gasteiger partial charge in [0.05, 0.1) is 5.02 Å². The number of rotatable bonds is 3. The lowest BCUT2D eigenvalue weighted by molar-refractivity contribution is -0.136. The molecule has 0 saturated carbocycles. The summed E-state index contributed by atoms with van der Waals surface area (Å²) in [5, 5.41) is 0.554. The summed E-state index contributed by atoms with van der Waals surface area (Å²) in [5.74, 6) is -0.278. The highest BCUT2D eigenvalue weighted by Crippen LogP contribution is 2.31. The zero-order valence-corrected chi connectivity index (χ0v) is 10.5. The number of hydrogen-bond donors (Lipinski definition) is 1. The van der Waals surface area contributed by atoms with Crippen LogP contribution in [-0.2, 0) is 4.79 Å². The minimum Gasteiger partial charge on any atom is -0.424 e. The second-order valence-corrected chi connectivity index (χ2v) is 4.53. The predicted octanol–water partition coefficient (Wildman–Crippen LogP) is 2.88. The molecule has 0 fully saturated rings. The van der Waals surface area contributed by atoms with Crippen LogP contribution in [-0.4, -0.2) is 12.0 Å². The fraction of sp³-hybridized carbons (Fsp3) is 0.364. The molecule has 0 amide bonds. The maximum atomic E-state index is 11.6. The quantitative estimate of drug-likeness (QED) is 0.673. The molecule has 0 heterocycles. The van der Waals surface area contributed by atoms with Crippen LogP contribution < -0.4 is 10.5 Å². The molecule has 1 unspecified atom stereocenters. The Balaban J connectivity index is 2.81. The predicted molar refractivity (Wildman–Crippen MR) is 64.9 cm³/mol. The van der Waals surface area contributed by atoms with E-state index in [0.717, 1.165) is 0 Å². The van der Waals surface area contributed by atoms with E-state index in [1.54, 1.807) is 18.2 Å². The summed E-state index contributed by atoms with van der Waals surface area (Å²) in [5.41, 5.74) is 5.65. The monoisotopic (exact) mass is 261 g/mol. The van der Waals surface area contributed by atoms with Crippen molar-refractivity contribution >= 4 is 29.2 Å². The fourth-order valence-electron chi connectivity index (χ4n) is 1.01. The molecule has 1 rings (SSSR count). The summed E-state index contributed by atoms with van der Waals surface area (Å²) in [7, 11) is 0. The Morgan fingerprint density at radius 2 is 2.00 bits per heavy atom. The van der Waals surface area contributed by atoms with Crippen LogP contribution in [0.2, 0.25) is 10.0 Å². The zero-order valence-electron chi connectivity index (χ0n) is 9.04. The highest BCUT2D eigenvalue weighted by molar-refractivity contribution is 6.43. The average molecular weight is 262 g/mol. The van der Waals surface area contributed by atoms with Gasteiger partial charge < -0.3 is 10.5 Å². The van der Waals surface area contributed by atoms with E-state index in [1.165, 1.54) is 0 Å². The van der Waals surface area contributed by atoms with Crippen molar-refractivity contribution in [2.45, 2.75) is 19.9 Å². The van der Waals surface area contributed by atoms with Gasteiger partial charge in [-0.2, -0.15) is 0 Å². The summed E-state index contributed by atoms with van der Waals surface area (Å²) in [6.07, 6.45) is 0. The van der Waals surface area contributed by atoms with Gasteiger partial charge in [0.2, 0.25) is 0 Å². The molecule has 0 aliphatic carbocycles. The van der Waals surface area contributed by atoms with Crippen molar-refractivity contribution in [1.29, 1.82) is 0 Å². The summed E-state index contributed by atoms with van der Waals surface area (Å²) in [6.45, 7) is 3.68. The number of ether oxygens (including phenoxy) is 1. The van der Waals surface area contributed by atoms with Gasteiger partial charge in [-0.15, -0.1) is 0 Å². The third-order valence-electron chi connectivity index (χ3n) is 2.12. The lowest BCUT2D eigenvalue weighted by Gasteiger charge is -2.14. The van der Waals surface area contributed by atoms with Gasteiger partial charge in [-0.1, -0.05) is 43.1 Å². The Morgan fingerprint density at radius 1 is 1.38 bits per heavy atom. The van der Waals surface area contributed by atoms with Crippen molar-refractivity contribution in [2.75, 3.05) is 0 Å². The van der Waals surface area contributed by atoms with Crippen molar-refractivity contribution < 1.29 is 9.53 Å². The molecule has 5 heteroatoms. The van der Waals surface area contributed by atoms with Crippen LogP contribution >= 0.6 is 23.2 Å². The van der Waals surface area contributed by atoms with Crippen LogP contribution in [0, 0.1) is 5.92 Å². The van der Waals surface area contributed by atoms with Crippen molar-refractivity contribution in [3.05, 3.63) is 28.2 Å². The largest absolute Gasteiger partial charge is 0.424 e. The molecular weight excluding hydrogens is 249 g/mol. The molecule has 1 aromatic rings. The van der Waals surface area contributed by atoms with E-state index >= 15 is 0 Å². The minimum absolute atomic E-state index is 0.00506. The SMILES string of the molecule is CC(C)C(N)C(=O)Oc1cccc(Cl)c1Cl. The normalized spacial score (nSPS) is 12.6. The molecule has 0 aliphatic heterocycles. The fourth-order valence-corrected chi connectivity index (χ4v) is 1.34. The third-order valence-corrected chi connectivity index (χ3v) is 2.92. The summed E-state index contributed by atoms with van der Waals surface area (Å²) in [4.78, 5) is 11.6. The van der Waals surface area contributed by atoms with E-state index in [-0.39, 0.29) is 16.7 Å². The maximum absolute atomic E-state index is 11.6. The molecular formula is C11H13Cl2NO2. The Kier molecular flexibility index (Phi) is 4.59. The Morgan fingerprint density at radius 3 is 2.56 bits per heavy atom. The van der Waals surface area contributed by atoms with Crippen LogP contribution in [0.5, 0.6) is 5.75 Å². The number of hydrogen-bond acceptors (Lipinski definition) is 3. The first-order chi connectivity index (χ1) is 7.43. The van der Waals surface area contributed by atoms with Crippen LogP contribution in [0.15, 0.2) is 18.2 Å². The van der Waals surface area contributed by atoms with E-state index in [4.69, 9.17) is 33.7 Å². The Bertz CT molecular complexity index is 394. The lowest BCUT2D eigenvalue weighted by atomic mass is 10.1. The van der Waals surface area contributed by atoms with E-state index in [0.29, 0.717) is 5.02 Å². The molecule has 0 spiro atoms. The lowest BCUT2D eigenvalue weighted by Crippen LogP contribution is -2.38. The first kappa shape index (κ1) is 13.3. The van der Waals surface area contributed by atoms with Crippen LogP contribution in [0.3, 0.4) is 0 Å². The summed E-state index contributed by atoms with van der Waals surface area (Å²) < 4.78 is 5.07. The topological polar surface area (TPSA) is 52.3 Å². The highest BCUT2D eigenvalue weighted by Gasteiger charge is 2.20. The number of esters is 1. The molecule has 0 aliphatic rings. The first-order valence-corrected chi connectivity index (χ1v) is 5.60. The Labute approximate surface area is 104 Å². The van der Waals surface area contributed by atoms with E-state index in [9.17, 15) is 4.79 Å².